The standard InChI is InChI=1S/C18H24F3NO2/c1-14(6-5-9-15-7-3-2-4-8-15)16(23)22-12-10-17(24,11-13-22)18(19,20)21/h2-4,7-8,14,24H,5-6,9-13H2,1H3. The van der Waals surface area contributed by atoms with Gasteiger partial charge in [0.1, 0.15) is 0 Å². The summed E-state index contributed by atoms with van der Waals surface area (Å²) >= 11 is 0. The summed E-state index contributed by atoms with van der Waals surface area (Å²) in [7, 11) is 0. The molecule has 24 heavy (non-hydrogen) atoms. The fraction of sp³-hybridized carbons (Fsp3) is 0.611. The average Bonchev–Trinajstić information content (AvgIpc) is 2.55. The van der Waals surface area contributed by atoms with Crippen LogP contribution in [0.15, 0.2) is 30.3 Å². The Hall–Kier alpha value is -1.56. The Bertz CT molecular complexity index is 537. The van der Waals surface area contributed by atoms with Crippen LogP contribution in [0.3, 0.4) is 0 Å². The monoisotopic (exact) mass is 343 g/mol. The number of halogens is 3. The molecule has 1 amide bonds. The molecule has 1 heterocycles. The highest BCUT2D eigenvalue weighted by Gasteiger charge is 2.54. The third-order valence-corrected chi connectivity index (χ3v) is 4.80. The first-order valence-electron chi connectivity index (χ1n) is 8.35. The van der Waals surface area contributed by atoms with Crippen molar-refractivity contribution in [2.75, 3.05) is 13.1 Å². The van der Waals surface area contributed by atoms with Crippen molar-refractivity contribution in [2.24, 2.45) is 5.92 Å². The fourth-order valence-electron chi connectivity index (χ4n) is 3.07. The molecule has 1 aliphatic rings. The Kier molecular flexibility index (Phi) is 5.91. The summed E-state index contributed by atoms with van der Waals surface area (Å²) in [5.74, 6) is -0.335. The van der Waals surface area contributed by atoms with E-state index in [1.165, 1.54) is 10.5 Å². The normalized spacial score (nSPS) is 19.1. The topological polar surface area (TPSA) is 40.5 Å². The molecule has 134 valence electrons. The summed E-state index contributed by atoms with van der Waals surface area (Å²) in [5, 5.41) is 9.65. The third-order valence-electron chi connectivity index (χ3n) is 4.80. The van der Waals surface area contributed by atoms with Gasteiger partial charge >= 0.3 is 6.18 Å². The van der Waals surface area contributed by atoms with E-state index in [-0.39, 0.29) is 24.9 Å². The molecule has 0 aromatic heterocycles. The molecular weight excluding hydrogens is 319 g/mol. The van der Waals surface area contributed by atoms with Crippen molar-refractivity contribution in [3.8, 4) is 0 Å². The molecule has 1 aromatic rings. The molecule has 6 heteroatoms. The number of benzene rings is 1. The Morgan fingerprint density at radius 2 is 1.83 bits per heavy atom. The summed E-state index contributed by atoms with van der Waals surface area (Å²) in [6.45, 7) is 1.73. The van der Waals surface area contributed by atoms with Crippen molar-refractivity contribution in [3.63, 3.8) is 0 Å². The second kappa shape index (κ2) is 7.55. The fourth-order valence-corrected chi connectivity index (χ4v) is 3.07. The molecule has 0 bridgehead atoms. The second-order valence-electron chi connectivity index (χ2n) is 6.63. The Morgan fingerprint density at radius 1 is 1.25 bits per heavy atom. The Balaban J connectivity index is 1.78. The van der Waals surface area contributed by atoms with Crippen molar-refractivity contribution in [3.05, 3.63) is 35.9 Å². The van der Waals surface area contributed by atoms with E-state index < -0.39 is 24.6 Å². The van der Waals surface area contributed by atoms with Crippen LogP contribution in [0.4, 0.5) is 13.2 Å². The van der Waals surface area contributed by atoms with Crippen LogP contribution >= 0.6 is 0 Å². The van der Waals surface area contributed by atoms with Crippen LogP contribution in [0.1, 0.15) is 38.2 Å². The Morgan fingerprint density at radius 3 is 2.38 bits per heavy atom. The first-order valence-corrected chi connectivity index (χ1v) is 8.35. The van der Waals surface area contributed by atoms with Gasteiger partial charge < -0.3 is 10.0 Å². The van der Waals surface area contributed by atoms with E-state index in [0.717, 1.165) is 12.8 Å². The number of piperidine rings is 1. The zero-order valence-corrected chi connectivity index (χ0v) is 13.9. The van der Waals surface area contributed by atoms with E-state index in [0.29, 0.717) is 6.42 Å². The van der Waals surface area contributed by atoms with Gasteiger partial charge in [0.25, 0.3) is 0 Å². The quantitative estimate of drug-likeness (QED) is 0.888. The minimum Gasteiger partial charge on any atom is -0.380 e. The van der Waals surface area contributed by atoms with Crippen LogP contribution in [0.25, 0.3) is 0 Å². The molecule has 2 rings (SSSR count). The Labute approximate surface area is 140 Å². The van der Waals surface area contributed by atoms with Gasteiger partial charge in [0.05, 0.1) is 0 Å². The highest BCUT2D eigenvalue weighted by atomic mass is 19.4. The number of hydrogen-bond acceptors (Lipinski definition) is 2. The molecule has 3 nitrogen and oxygen atoms in total. The maximum absolute atomic E-state index is 12.8. The van der Waals surface area contributed by atoms with E-state index >= 15 is 0 Å². The number of aryl methyl sites for hydroxylation is 1. The van der Waals surface area contributed by atoms with Crippen LogP contribution in [-0.4, -0.2) is 40.8 Å². The molecule has 0 saturated carbocycles. The zero-order valence-electron chi connectivity index (χ0n) is 13.9. The van der Waals surface area contributed by atoms with Gasteiger partial charge in [-0.25, -0.2) is 0 Å². The zero-order chi connectivity index (χ0) is 17.8. The lowest BCUT2D eigenvalue weighted by Gasteiger charge is -2.39. The SMILES string of the molecule is CC(CCCc1ccccc1)C(=O)N1CCC(O)(C(F)(F)F)CC1. The molecule has 1 N–H and O–H groups in total. The number of hydrogen-bond donors (Lipinski definition) is 1. The molecule has 1 atom stereocenters. The molecule has 1 unspecified atom stereocenters. The molecule has 1 aromatic carbocycles. The third kappa shape index (κ3) is 4.50. The number of nitrogens with zero attached hydrogens (tertiary/aromatic N) is 1. The molecule has 0 aliphatic carbocycles. The second-order valence-corrected chi connectivity index (χ2v) is 6.63. The smallest absolute Gasteiger partial charge is 0.380 e. The van der Waals surface area contributed by atoms with Crippen LogP contribution in [-0.2, 0) is 11.2 Å². The van der Waals surface area contributed by atoms with Gasteiger partial charge in [-0.1, -0.05) is 37.3 Å². The maximum Gasteiger partial charge on any atom is 0.417 e. The molecule has 0 spiro atoms. The van der Waals surface area contributed by atoms with Crippen molar-refractivity contribution >= 4 is 5.91 Å². The number of carbonyl (C=O) groups excluding carboxylic acids is 1. The van der Waals surface area contributed by atoms with E-state index in [1.54, 1.807) is 0 Å². The predicted molar refractivity (Wildman–Crippen MR) is 85.4 cm³/mol. The lowest BCUT2D eigenvalue weighted by Crippen LogP contribution is -2.55. The maximum atomic E-state index is 12.8. The van der Waals surface area contributed by atoms with Crippen molar-refractivity contribution in [1.29, 1.82) is 0 Å². The van der Waals surface area contributed by atoms with E-state index in [2.05, 4.69) is 0 Å². The van der Waals surface area contributed by atoms with Crippen LogP contribution < -0.4 is 0 Å². The van der Waals surface area contributed by atoms with Gasteiger partial charge in [0.15, 0.2) is 5.60 Å². The highest BCUT2D eigenvalue weighted by molar-refractivity contribution is 5.78. The summed E-state index contributed by atoms with van der Waals surface area (Å²) in [5.41, 5.74) is -1.44. The van der Waals surface area contributed by atoms with Crippen molar-refractivity contribution in [2.45, 2.75) is 50.8 Å². The van der Waals surface area contributed by atoms with Gasteiger partial charge in [0.2, 0.25) is 5.91 Å². The van der Waals surface area contributed by atoms with Crippen molar-refractivity contribution < 1.29 is 23.1 Å². The van der Waals surface area contributed by atoms with Crippen LogP contribution in [0, 0.1) is 5.92 Å². The van der Waals surface area contributed by atoms with E-state index in [4.69, 9.17) is 0 Å². The van der Waals surface area contributed by atoms with Gasteiger partial charge in [-0.3, -0.25) is 4.79 Å². The summed E-state index contributed by atoms with van der Waals surface area (Å²) in [6, 6.07) is 9.97. The number of carbonyl (C=O) groups is 1. The van der Waals surface area contributed by atoms with Gasteiger partial charge in [-0.15, -0.1) is 0 Å². The lowest BCUT2D eigenvalue weighted by molar-refractivity contribution is -0.272. The molecule has 0 radical (unpaired) electrons. The summed E-state index contributed by atoms with van der Waals surface area (Å²) in [6.07, 6.45) is -3.08. The minimum absolute atomic E-state index is 0.0438. The summed E-state index contributed by atoms with van der Waals surface area (Å²) < 4.78 is 38.4. The van der Waals surface area contributed by atoms with Gasteiger partial charge in [-0.2, -0.15) is 13.2 Å². The number of amides is 1. The minimum atomic E-state index is -4.64. The highest BCUT2D eigenvalue weighted by Crippen LogP contribution is 2.38. The average molecular weight is 343 g/mol. The van der Waals surface area contributed by atoms with Crippen molar-refractivity contribution in [1.82, 2.24) is 4.90 Å². The number of alkyl halides is 3. The number of aliphatic hydroxyl groups is 1. The lowest BCUT2D eigenvalue weighted by atomic mass is 9.90. The van der Waals surface area contributed by atoms with Crippen LogP contribution in [0.5, 0.6) is 0 Å². The summed E-state index contributed by atoms with van der Waals surface area (Å²) in [4.78, 5) is 13.8. The van der Waals surface area contributed by atoms with Gasteiger partial charge in [0, 0.05) is 31.8 Å². The molecule has 1 saturated heterocycles. The largest absolute Gasteiger partial charge is 0.417 e. The van der Waals surface area contributed by atoms with Gasteiger partial charge in [-0.05, 0) is 24.8 Å². The number of rotatable bonds is 5. The predicted octanol–water partition coefficient (Wildman–Crippen LogP) is 3.56. The van der Waals surface area contributed by atoms with Crippen LogP contribution in [0.2, 0.25) is 0 Å². The molecule has 1 fully saturated rings. The number of likely N-dealkylation sites (tertiary alicyclic amines) is 1. The van der Waals surface area contributed by atoms with E-state index in [1.807, 2.05) is 37.3 Å². The molecular formula is C18H24F3NO2. The first kappa shape index (κ1) is 18.8. The van der Waals surface area contributed by atoms with E-state index in [9.17, 15) is 23.1 Å². The first-order chi connectivity index (χ1) is 11.2. The molecule has 1 aliphatic heterocycles.